The number of carbonyl (C=O) groups excluding carboxylic acids is 1. The van der Waals surface area contributed by atoms with E-state index in [9.17, 15) is 4.79 Å². The van der Waals surface area contributed by atoms with Crippen molar-refractivity contribution in [3.05, 3.63) is 29.3 Å². The first-order valence-electron chi connectivity index (χ1n) is 5.53. The third-order valence-electron chi connectivity index (χ3n) is 2.31. The number of nitriles is 2. The van der Waals surface area contributed by atoms with E-state index in [-0.39, 0.29) is 13.1 Å². The lowest BCUT2D eigenvalue weighted by Gasteiger charge is -2.21. The Kier molecular flexibility index (Phi) is 5.66. The lowest BCUT2D eigenvalue weighted by atomic mass is 10.3. The summed E-state index contributed by atoms with van der Waals surface area (Å²) in [5.41, 5.74) is 0. The quantitative estimate of drug-likeness (QED) is 0.771. The molecule has 1 atom stereocenters. The summed E-state index contributed by atoms with van der Waals surface area (Å²) < 4.78 is 5.44. The minimum Gasteiger partial charge on any atom is -0.481 e. The largest absolute Gasteiger partial charge is 0.481 e. The molecule has 0 bridgehead atoms. The third kappa shape index (κ3) is 4.50. The van der Waals surface area contributed by atoms with Crippen molar-refractivity contribution in [2.45, 2.75) is 13.0 Å². The van der Waals surface area contributed by atoms with Crippen molar-refractivity contribution in [3.8, 4) is 17.9 Å². The average Bonchev–Trinajstić information content (AvgIpc) is 2.40. The molecule has 1 aromatic carbocycles. The molecule has 0 heterocycles. The molecule has 0 aliphatic rings. The first kappa shape index (κ1) is 14.8. The van der Waals surface area contributed by atoms with Gasteiger partial charge in [0.15, 0.2) is 6.10 Å². The Balaban J connectivity index is 2.68. The van der Waals surface area contributed by atoms with E-state index in [1.165, 1.54) is 0 Å². The number of halogens is 1. The summed E-state index contributed by atoms with van der Waals surface area (Å²) in [7, 11) is 0. The number of amides is 1. The Hall–Kier alpha value is -2.24. The third-order valence-corrected chi connectivity index (χ3v) is 2.56. The molecule has 98 valence electrons. The standard InChI is InChI=1S/C13H12ClN3O2/c1-10(13(18)17(8-6-15)9-7-16)19-12-4-2-11(14)3-5-12/h2-5,10H,8-9H2,1H3. The van der Waals surface area contributed by atoms with Gasteiger partial charge in [0.1, 0.15) is 18.8 Å². The van der Waals surface area contributed by atoms with E-state index in [2.05, 4.69) is 0 Å². The molecule has 0 radical (unpaired) electrons. The van der Waals surface area contributed by atoms with Crippen LogP contribution in [-0.4, -0.2) is 30.0 Å². The monoisotopic (exact) mass is 277 g/mol. The molecular formula is C13H12ClN3O2. The van der Waals surface area contributed by atoms with Crippen LogP contribution in [0.25, 0.3) is 0 Å². The Morgan fingerprint density at radius 1 is 1.32 bits per heavy atom. The number of rotatable bonds is 5. The van der Waals surface area contributed by atoms with Crippen LogP contribution in [-0.2, 0) is 4.79 Å². The van der Waals surface area contributed by atoms with Crippen molar-refractivity contribution in [2.75, 3.05) is 13.1 Å². The zero-order valence-corrected chi connectivity index (χ0v) is 11.1. The predicted molar refractivity (Wildman–Crippen MR) is 69.3 cm³/mol. The van der Waals surface area contributed by atoms with E-state index >= 15 is 0 Å². The Morgan fingerprint density at radius 3 is 2.32 bits per heavy atom. The van der Waals surface area contributed by atoms with E-state index in [1.54, 1.807) is 31.2 Å². The van der Waals surface area contributed by atoms with Gasteiger partial charge in [0.25, 0.3) is 5.91 Å². The normalized spacial score (nSPS) is 10.9. The van der Waals surface area contributed by atoms with Crippen LogP contribution in [0.1, 0.15) is 6.92 Å². The van der Waals surface area contributed by atoms with Crippen LogP contribution in [0.4, 0.5) is 0 Å². The zero-order chi connectivity index (χ0) is 14.3. The summed E-state index contributed by atoms with van der Waals surface area (Å²) in [4.78, 5) is 13.1. The smallest absolute Gasteiger partial charge is 0.265 e. The molecule has 0 saturated heterocycles. The summed E-state index contributed by atoms with van der Waals surface area (Å²) in [6.07, 6.45) is -0.775. The van der Waals surface area contributed by atoms with Gasteiger partial charge in [-0.1, -0.05) is 11.6 Å². The molecular weight excluding hydrogens is 266 g/mol. The number of hydrogen-bond acceptors (Lipinski definition) is 4. The highest BCUT2D eigenvalue weighted by Crippen LogP contribution is 2.17. The maximum Gasteiger partial charge on any atom is 0.265 e. The number of hydrogen-bond donors (Lipinski definition) is 0. The molecule has 1 unspecified atom stereocenters. The number of carbonyl (C=O) groups is 1. The van der Waals surface area contributed by atoms with Crippen LogP contribution in [0, 0.1) is 22.7 Å². The SMILES string of the molecule is CC(Oc1ccc(Cl)cc1)C(=O)N(CC#N)CC#N. The Labute approximate surface area is 116 Å². The molecule has 0 saturated carbocycles. The van der Waals surface area contributed by atoms with Crippen LogP contribution in [0.3, 0.4) is 0 Å². The van der Waals surface area contributed by atoms with Crippen LogP contribution in [0.2, 0.25) is 5.02 Å². The summed E-state index contributed by atoms with van der Waals surface area (Å²) in [6.45, 7) is 1.29. The summed E-state index contributed by atoms with van der Waals surface area (Å²) in [5.74, 6) is 0.0946. The minimum atomic E-state index is -0.775. The van der Waals surface area contributed by atoms with Gasteiger partial charge in [-0.25, -0.2) is 0 Å². The highest BCUT2D eigenvalue weighted by Gasteiger charge is 2.21. The Bertz CT molecular complexity index is 500. The molecule has 19 heavy (non-hydrogen) atoms. The molecule has 1 aromatic rings. The fourth-order valence-corrected chi connectivity index (χ4v) is 1.53. The second-order valence-corrected chi connectivity index (χ2v) is 4.16. The second kappa shape index (κ2) is 7.25. The van der Waals surface area contributed by atoms with Gasteiger partial charge in [0.05, 0.1) is 12.1 Å². The summed E-state index contributed by atoms with van der Waals surface area (Å²) >= 11 is 5.74. The van der Waals surface area contributed by atoms with Gasteiger partial charge in [-0.15, -0.1) is 0 Å². The van der Waals surface area contributed by atoms with Gasteiger partial charge < -0.3 is 9.64 Å². The molecule has 1 rings (SSSR count). The molecule has 0 N–H and O–H groups in total. The number of nitrogens with zero attached hydrogens (tertiary/aromatic N) is 3. The number of benzene rings is 1. The zero-order valence-electron chi connectivity index (χ0n) is 10.3. The van der Waals surface area contributed by atoms with Gasteiger partial charge in [-0.05, 0) is 31.2 Å². The van der Waals surface area contributed by atoms with Crippen molar-refractivity contribution in [1.82, 2.24) is 4.90 Å². The van der Waals surface area contributed by atoms with Gasteiger partial charge in [-0.3, -0.25) is 4.79 Å². The van der Waals surface area contributed by atoms with Crippen LogP contribution in [0.5, 0.6) is 5.75 Å². The maximum atomic E-state index is 12.0. The first-order chi connectivity index (χ1) is 9.08. The van der Waals surface area contributed by atoms with Crippen molar-refractivity contribution in [1.29, 1.82) is 10.5 Å². The lowest BCUT2D eigenvalue weighted by molar-refractivity contribution is -0.136. The summed E-state index contributed by atoms with van der Waals surface area (Å²) in [6, 6.07) is 10.3. The van der Waals surface area contributed by atoms with Gasteiger partial charge in [0, 0.05) is 5.02 Å². The van der Waals surface area contributed by atoms with Gasteiger partial charge in [0.2, 0.25) is 0 Å². The van der Waals surface area contributed by atoms with E-state index in [0.717, 1.165) is 4.90 Å². The highest BCUT2D eigenvalue weighted by atomic mass is 35.5. The highest BCUT2D eigenvalue weighted by molar-refractivity contribution is 6.30. The minimum absolute atomic E-state index is 0.138. The molecule has 0 aromatic heterocycles. The van der Waals surface area contributed by atoms with E-state index in [4.69, 9.17) is 26.9 Å². The van der Waals surface area contributed by atoms with Crippen LogP contribution >= 0.6 is 11.6 Å². The van der Waals surface area contributed by atoms with E-state index < -0.39 is 12.0 Å². The lowest BCUT2D eigenvalue weighted by Crippen LogP contribution is -2.40. The van der Waals surface area contributed by atoms with Crippen molar-refractivity contribution < 1.29 is 9.53 Å². The van der Waals surface area contributed by atoms with Gasteiger partial charge >= 0.3 is 0 Å². The molecule has 6 heteroatoms. The first-order valence-corrected chi connectivity index (χ1v) is 5.91. The van der Waals surface area contributed by atoms with E-state index in [1.807, 2.05) is 12.1 Å². The molecule has 0 aliphatic carbocycles. The second-order valence-electron chi connectivity index (χ2n) is 3.72. The Morgan fingerprint density at radius 2 is 1.84 bits per heavy atom. The van der Waals surface area contributed by atoms with Crippen molar-refractivity contribution >= 4 is 17.5 Å². The molecule has 0 spiro atoms. The summed E-state index contributed by atoms with van der Waals surface area (Å²) in [5, 5.41) is 17.8. The average molecular weight is 278 g/mol. The van der Waals surface area contributed by atoms with Crippen molar-refractivity contribution in [2.24, 2.45) is 0 Å². The van der Waals surface area contributed by atoms with Crippen molar-refractivity contribution in [3.63, 3.8) is 0 Å². The molecule has 0 fully saturated rings. The fraction of sp³-hybridized carbons (Fsp3) is 0.308. The number of ether oxygens (including phenoxy) is 1. The molecule has 0 aliphatic heterocycles. The fourth-order valence-electron chi connectivity index (χ4n) is 1.41. The maximum absolute atomic E-state index is 12.0. The van der Waals surface area contributed by atoms with Gasteiger partial charge in [-0.2, -0.15) is 10.5 Å². The predicted octanol–water partition coefficient (Wildman–Crippen LogP) is 1.98. The van der Waals surface area contributed by atoms with Crippen LogP contribution in [0.15, 0.2) is 24.3 Å². The molecule has 5 nitrogen and oxygen atoms in total. The molecule has 1 amide bonds. The van der Waals surface area contributed by atoms with E-state index in [0.29, 0.717) is 10.8 Å². The topological polar surface area (TPSA) is 77.1 Å². The van der Waals surface area contributed by atoms with Crippen LogP contribution < -0.4 is 4.74 Å².